The molecule has 0 aromatic heterocycles. The van der Waals surface area contributed by atoms with Crippen molar-refractivity contribution >= 4 is 17.5 Å². The highest BCUT2D eigenvalue weighted by Gasteiger charge is 2.35. The molecule has 116 valence electrons. The van der Waals surface area contributed by atoms with Crippen LogP contribution in [0.4, 0.5) is 0 Å². The van der Waals surface area contributed by atoms with Crippen LogP contribution in [0.5, 0.6) is 0 Å². The fourth-order valence-corrected chi connectivity index (χ4v) is 3.34. The van der Waals surface area contributed by atoms with Gasteiger partial charge >= 0.3 is 0 Å². The van der Waals surface area contributed by atoms with Gasteiger partial charge in [-0.05, 0) is 43.9 Å². The molecular formula is C17H25ClN2O. The van der Waals surface area contributed by atoms with Crippen molar-refractivity contribution in [3.8, 4) is 0 Å². The average molecular weight is 309 g/mol. The van der Waals surface area contributed by atoms with Gasteiger partial charge in [0.05, 0.1) is 0 Å². The number of hydrogen-bond donors (Lipinski definition) is 2. The highest BCUT2D eigenvalue weighted by Crippen LogP contribution is 2.41. The van der Waals surface area contributed by atoms with Crippen molar-refractivity contribution in [1.29, 1.82) is 0 Å². The number of rotatable bonds is 6. The molecular weight excluding hydrogens is 284 g/mol. The van der Waals surface area contributed by atoms with Gasteiger partial charge in [0.25, 0.3) is 0 Å². The number of nitrogens with one attached hydrogen (secondary N) is 1. The maximum atomic E-state index is 12.0. The first kappa shape index (κ1) is 16.3. The fourth-order valence-electron chi connectivity index (χ4n) is 3.15. The van der Waals surface area contributed by atoms with E-state index < -0.39 is 0 Å². The number of halogens is 1. The molecule has 21 heavy (non-hydrogen) atoms. The van der Waals surface area contributed by atoms with E-state index in [1.807, 2.05) is 25.1 Å². The summed E-state index contributed by atoms with van der Waals surface area (Å²) in [5.74, 6) is 0.0978. The monoisotopic (exact) mass is 308 g/mol. The summed E-state index contributed by atoms with van der Waals surface area (Å²) >= 11 is 6.13. The lowest BCUT2D eigenvalue weighted by molar-refractivity contribution is -0.121. The lowest BCUT2D eigenvalue weighted by Gasteiger charge is -2.30. The number of nitrogens with two attached hydrogens (primary N) is 1. The van der Waals surface area contributed by atoms with Crippen LogP contribution in [0.3, 0.4) is 0 Å². The van der Waals surface area contributed by atoms with Crippen LogP contribution >= 0.6 is 11.6 Å². The van der Waals surface area contributed by atoms with Crippen LogP contribution in [0, 0.1) is 0 Å². The molecule has 1 fully saturated rings. The quantitative estimate of drug-likeness (QED) is 0.846. The first-order valence-electron chi connectivity index (χ1n) is 7.80. The molecule has 0 bridgehead atoms. The summed E-state index contributed by atoms with van der Waals surface area (Å²) in [5.41, 5.74) is 7.00. The van der Waals surface area contributed by atoms with Gasteiger partial charge in [-0.25, -0.2) is 0 Å². The second-order valence-corrected chi connectivity index (χ2v) is 6.73. The fraction of sp³-hybridized carbons (Fsp3) is 0.588. The van der Waals surface area contributed by atoms with Crippen LogP contribution in [-0.2, 0) is 10.2 Å². The molecule has 1 aromatic carbocycles. The Balaban J connectivity index is 2.01. The summed E-state index contributed by atoms with van der Waals surface area (Å²) < 4.78 is 0. The molecule has 3 N–H and O–H groups in total. The van der Waals surface area contributed by atoms with Crippen LogP contribution < -0.4 is 11.1 Å². The third kappa shape index (κ3) is 4.45. The van der Waals surface area contributed by atoms with Crippen LogP contribution in [0.2, 0.25) is 5.02 Å². The van der Waals surface area contributed by atoms with Gasteiger partial charge in [-0.15, -0.1) is 0 Å². The topological polar surface area (TPSA) is 55.1 Å². The molecule has 0 saturated heterocycles. The highest BCUT2D eigenvalue weighted by molar-refractivity contribution is 6.30. The van der Waals surface area contributed by atoms with Gasteiger partial charge in [-0.2, -0.15) is 0 Å². The van der Waals surface area contributed by atoms with Gasteiger partial charge in [-0.3, -0.25) is 4.79 Å². The Labute approximate surface area is 132 Å². The molecule has 0 heterocycles. The standard InChI is InChI=1S/C17H25ClN2O/c1-13(19)7-8-16(21)20-12-17(9-2-3-10-17)14-5-4-6-15(18)11-14/h4-6,11,13H,2-3,7-10,12,19H2,1H3,(H,20,21). The molecule has 4 heteroatoms. The molecule has 1 atom stereocenters. The van der Waals surface area contributed by atoms with Crippen molar-refractivity contribution in [2.45, 2.75) is 56.9 Å². The van der Waals surface area contributed by atoms with Gasteiger partial charge in [0.1, 0.15) is 0 Å². The van der Waals surface area contributed by atoms with E-state index in [9.17, 15) is 4.79 Å². The number of hydrogen-bond acceptors (Lipinski definition) is 2. The van der Waals surface area contributed by atoms with Crippen molar-refractivity contribution in [2.24, 2.45) is 5.73 Å². The predicted molar refractivity (Wildman–Crippen MR) is 87.5 cm³/mol. The van der Waals surface area contributed by atoms with E-state index in [1.165, 1.54) is 18.4 Å². The molecule has 1 aromatic rings. The Bertz CT molecular complexity index is 481. The average Bonchev–Trinajstić information content (AvgIpc) is 2.93. The molecule has 1 aliphatic carbocycles. The number of carbonyl (C=O) groups is 1. The van der Waals surface area contributed by atoms with E-state index in [2.05, 4.69) is 11.4 Å². The normalized spacial score (nSPS) is 18.4. The maximum absolute atomic E-state index is 12.0. The van der Waals surface area contributed by atoms with Crippen molar-refractivity contribution in [3.05, 3.63) is 34.9 Å². The molecule has 0 radical (unpaired) electrons. The second-order valence-electron chi connectivity index (χ2n) is 6.29. The van der Waals surface area contributed by atoms with Gasteiger partial charge in [0.15, 0.2) is 0 Å². The summed E-state index contributed by atoms with van der Waals surface area (Å²) in [6.45, 7) is 2.63. The van der Waals surface area contributed by atoms with Gasteiger partial charge in [0.2, 0.25) is 5.91 Å². The van der Waals surface area contributed by atoms with Crippen LogP contribution in [0.15, 0.2) is 24.3 Å². The van der Waals surface area contributed by atoms with E-state index in [0.29, 0.717) is 13.0 Å². The summed E-state index contributed by atoms with van der Waals surface area (Å²) in [4.78, 5) is 12.0. The second kappa shape index (κ2) is 7.28. The molecule has 0 aliphatic heterocycles. The molecule has 2 rings (SSSR count). The van der Waals surface area contributed by atoms with Crippen LogP contribution in [0.1, 0.15) is 51.0 Å². The minimum Gasteiger partial charge on any atom is -0.355 e. The van der Waals surface area contributed by atoms with E-state index in [4.69, 9.17) is 17.3 Å². The smallest absolute Gasteiger partial charge is 0.220 e. The van der Waals surface area contributed by atoms with Gasteiger partial charge < -0.3 is 11.1 Å². The number of amides is 1. The predicted octanol–water partition coefficient (Wildman–Crippen LogP) is 3.40. The zero-order valence-corrected chi connectivity index (χ0v) is 13.5. The van der Waals surface area contributed by atoms with Gasteiger partial charge in [-0.1, -0.05) is 36.6 Å². The largest absolute Gasteiger partial charge is 0.355 e. The molecule has 0 spiro atoms. The molecule has 3 nitrogen and oxygen atoms in total. The summed E-state index contributed by atoms with van der Waals surface area (Å²) in [6, 6.07) is 8.14. The highest BCUT2D eigenvalue weighted by atomic mass is 35.5. The summed E-state index contributed by atoms with van der Waals surface area (Å²) in [5, 5.41) is 3.87. The third-order valence-corrected chi connectivity index (χ3v) is 4.68. The third-order valence-electron chi connectivity index (χ3n) is 4.45. The lowest BCUT2D eigenvalue weighted by atomic mass is 9.79. The molecule has 1 aliphatic rings. The summed E-state index contributed by atoms with van der Waals surface area (Å²) in [7, 11) is 0. The van der Waals surface area contributed by atoms with E-state index in [0.717, 1.165) is 24.3 Å². The zero-order chi connectivity index (χ0) is 15.3. The van der Waals surface area contributed by atoms with Crippen molar-refractivity contribution in [2.75, 3.05) is 6.54 Å². The minimum atomic E-state index is 0.0505. The summed E-state index contributed by atoms with van der Waals surface area (Å²) in [6.07, 6.45) is 5.88. The van der Waals surface area contributed by atoms with Gasteiger partial charge in [0, 0.05) is 29.4 Å². The number of carbonyl (C=O) groups excluding carboxylic acids is 1. The molecule has 1 saturated carbocycles. The first-order chi connectivity index (χ1) is 10.0. The van der Waals surface area contributed by atoms with Crippen LogP contribution in [0.25, 0.3) is 0 Å². The van der Waals surface area contributed by atoms with Crippen molar-refractivity contribution in [3.63, 3.8) is 0 Å². The van der Waals surface area contributed by atoms with Crippen molar-refractivity contribution < 1.29 is 4.79 Å². The first-order valence-corrected chi connectivity index (χ1v) is 8.18. The van der Waals surface area contributed by atoms with E-state index in [-0.39, 0.29) is 17.4 Å². The Morgan fingerprint density at radius 1 is 1.43 bits per heavy atom. The Morgan fingerprint density at radius 2 is 2.14 bits per heavy atom. The Kier molecular flexibility index (Phi) is 5.65. The SMILES string of the molecule is CC(N)CCC(=O)NCC1(c2cccc(Cl)c2)CCCC1. The zero-order valence-electron chi connectivity index (χ0n) is 12.7. The van der Waals surface area contributed by atoms with E-state index in [1.54, 1.807) is 0 Å². The van der Waals surface area contributed by atoms with E-state index >= 15 is 0 Å². The molecule has 1 unspecified atom stereocenters. The maximum Gasteiger partial charge on any atom is 0.220 e. The lowest BCUT2D eigenvalue weighted by Crippen LogP contribution is -2.39. The number of benzene rings is 1. The Morgan fingerprint density at radius 3 is 2.76 bits per heavy atom. The van der Waals surface area contributed by atoms with Crippen molar-refractivity contribution in [1.82, 2.24) is 5.32 Å². The molecule has 1 amide bonds. The minimum absolute atomic E-state index is 0.0505. The van der Waals surface area contributed by atoms with Crippen LogP contribution in [-0.4, -0.2) is 18.5 Å². The Hall–Kier alpha value is -1.06.